The smallest absolute Gasteiger partial charge is 0.308 e. The predicted octanol–water partition coefficient (Wildman–Crippen LogP) is 3.37. The van der Waals surface area contributed by atoms with E-state index in [1.165, 1.54) is 37.2 Å². The molecular formula is C16H17N3O3S. The first-order chi connectivity index (χ1) is 11.1. The molecule has 1 aliphatic rings. The van der Waals surface area contributed by atoms with Crippen LogP contribution in [0.4, 0.5) is 5.13 Å². The normalized spacial score (nSPS) is 14.7. The summed E-state index contributed by atoms with van der Waals surface area (Å²) in [6, 6.07) is 6.47. The number of carbonyl (C=O) groups is 2. The van der Waals surface area contributed by atoms with E-state index in [1.807, 2.05) is 0 Å². The highest BCUT2D eigenvalue weighted by Gasteiger charge is 2.21. The van der Waals surface area contributed by atoms with Gasteiger partial charge < -0.3 is 4.74 Å². The molecule has 1 fully saturated rings. The van der Waals surface area contributed by atoms with Crippen molar-refractivity contribution in [2.24, 2.45) is 0 Å². The third-order valence-electron chi connectivity index (χ3n) is 3.72. The Bertz CT molecular complexity index is 723. The summed E-state index contributed by atoms with van der Waals surface area (Å²) in [4.78, 5) is 23.2. The number of amides is 1. The second kappa shape index (κ2) is 6.87. The van der Waals surface area contributed by atoms with Crippen LogP contribution in [0.3, 0.4) is 0 Å². The van der Waals surface area contributed by atoms with Gasteiger partial charge >= 0.3 is 5.97 Å². The maximum Gasteiger partial charge on any atom is 0.308 e. The zero-order chi connectivity index (χ0) is 16.2. The Hall–Kier alpha value is -2.28. The van der Waals surface area contributed by atoms with Gasteiger partial charge in [-0.05, 0) is 31.0 Å². The van der Waals surface area contributed by atoms with Crippen LogP contribution in [0.5, 0.6) is 5.75 Å². The molecule has 1 aliphatic carbocycles. The summed E-state index contributed by atoms with van der Waals surface area (Å²) in [7, 11) is 0. The fourth-order valence-electron chi connectivity index (χ4n) is 2.66. The molecule has 1 aromatic heterocycles. The molecule has 7 heteroatoms. The SMILES string of the molecule is CC(=O)Oc1cccc(C(=O)Nc2nnc(C3CCCC3)s2)c1. The summed E-state index contributed by atoms with van der Waals surface area (Å²) in [6.45, 7) is 1.32. The molecule has 23 heavy (non-hydrogen) atoms. The van der Waals surface area contributed by atoms with E-state index in [1.54, 1.807) is 18.2 Å². The second-order valence-corrected chi connectivity index (χ2v) is 6.51. The highest BCUT2D eigenvalue weighted by molar-refractivity contribution is 7.15. The van der Waals surface area contributed by atoms with Crippen LogP contribution in [-0.4, -0.2) is 22.1 Å². The van der Waals surface area contributed by atoms with Gasteiger partial charge in [0.15, 0.2) is 0 Å². The van der Waals surface area contributed by atoms with E-state index in [2.05, 4.69) is 15.5 Å². The third kappa shape index (κ3) is 3.92. The van der Waals surface area contributed by atoms with Crippen LogP contribution < -0.4 is 10.1 Å². The number of ether oxygens (including phenoxy) is 1. The summed E-state index contributed by atoms with van der Waals surface area (Å²) >= 11 is 1.43. The molecule has 0 saturated heterocycles. The van der Waals surface area contributed by atoms with Gasteiger partial charge in [0.05, 0.1) is 0 Å². The monoisotopic (exact) mass is 331 g/mol. The van der Waals surface area contributed by atoms with E-state index in [0.717, 1.165) is 17.8 Å². The summed E-state index contributed by atoms with van der Waals surface area (Å²) in [5.74, 6) is 0.0977. The second-order valence-electron chi connectivity index (χ2n) is 5.50. The van der Waals surface area contributed by atoms with Gasteiger partial charge in [0.1, 0.15) is 10.8 Å². The van der Waals surface area contributed by atoms with Gasteiger partial charge in [-0.2, -0.15) is 0 Å². The molecule has 1 heterocycles. The van der Waals surface area contributed by atoms with Crippen molar-refractivity contribution in [1.82, 2.24) is 10.2 Å². The molecule has 6 nitrogen and oxygen atoms in total. The number of hydrogen-bond acceptors (Lipinski definition) is 6. The summed E-state index contributed by atoms with van der Waals surface area (Å²) in [5, 5.41) is 12.5. The van der Waals surface area contributed by atoms with Gasteiger partial charge in [-0.3, -0.25) is 14.9 Å². The molecule has 0 unspecified atom stereocenters. The Labute approximate surface area is 137 Å². The van der Waals surface area contributed by atoms with Crippen molar-refractivity contribution >= 4 is 28.3 Å². The number of rotatable bonds is 4. The molecule has 0 spiro atoms. The minimum Gasteiger partial charge on any atom is -0.427 e. The van der Waals surface area contributed by atoms with Gasteiger partial charge in [0.25, 0.3) is 5.91 Å². The summed E-state index contributed by atoms with van der Waals surface area (Å²) in [6.07, 6.45) is 4.75. The zero-order valence-corrected chi connectivity index (χ0v) is 13.6. The average Bonchev–Trinajstić information content (AvgIpc) is 3.17. The van der Waals surface area contributed by atoms with Crippen LogP contribution >= 0.6 is 11.3 Å². The number of anilines is 1. The lowest BCUT2D eigenvalue weighted by molar-refractivity contribution is -0.131. The molecule has 1 amide bonds. The van der Waals surface area contributed by atoms with E-state index in [4.69, 9.17) is 4.74 Å². The largest absolute Gasteiger partial charge is 0.427 e. The number of benzene rings is 1. The van der Waals surface area contributed by atoms with Crippen LogP contribution in [0.25, 0.3) is 0 Å². The minimum atomic E-state index is -0.423. The maximum atomic E-state index is 12.3. The van der Waals surface area contributed by atoms with Crippen molar-refractivity contribution in [3.8, 4) is 5.75 Å². The van der Waals surface area contributed by atoms with Crippen LogP contribution in [0, 0.1) is 0 Å². The van der Waals surface area contributed by atoms with Gasteiger partial charge in [0, 0.05) is 18.4 Å². The average molecular weight is 331 g/mol. The number of aromatic nitrogens is 2. The molecule has 3 rings (SSSR count). The van der Waals surface area contributed by atoms with Gasteiger partial charge in [-0.1, -0.05) is 30.2 Å². The van der Waals surface area contributed by atoms with Gasteiger partial charge in [-0.25, -0.2) is 0 Å². The molecule has 1 aromatic carbocycles. The lowest BCUT2D eigenvalue weighted by Gasteiger charge is -2.04. The third-order valence-corrected chi connectivity index (χ3v) is 4.72. The maximum absolute atomic E-state index is 12.3. The van der Waals surface area contributed by atoms with Crippen molar-refractivity contribution in [3.05, 3.63) is 34.8 Å². The van der Waals surface area contributed by atoms with E-state index in [-0.39, 0.29) is 5.91 Å². The summed E-state index contributed by atoms with van der Waals surface area (Å²) in [5.41, 5.74) is 0.404. The van der Waals surface area contributed by atoms with Crippen LogP contribution in [0.1, 0.15) is 53.9 Å². The number of esters is 1. The van der Waals surface area contributed by atoms with Crippen molar-refractivity contribution in [1.29, 1.82) is 0 Å². The predicted molar refractivity (Wildman–Crippen MR) is 86.8 cm³/mol. The highest BCUT2D eigenvalue weighted by Crippen LogP contribution is 2.36. The van der Waals surface area contributed by atoms with Gasteiger partial charge in [0.2, 0.25) is 5.13 Å². The fourth-order valence-corrected chi connectivity index (χ4v) is 3.57. The number of hydrogen-bond donors (Lipinski definition) is 1. The van der Waals surface area contributed by atoms with Gasteiger partial charge in [-0.15, -0.1) is 10.2 Å². The zero-order valence-electron chi connectivity index (χ0n) is 12.7. The first-order valence-corrected chi connectivity index (χ1v) is 8.36. The van der Waals surface area contributed by atoms with Crippen LogP contribution in [-0.2, 0) is 4.79 Å². The topological polar surface area (TPSA) is 81.2 Å². The van der Waals surface area contributed by atoms with E-state index in [9.17, 15) is 9.59 Å². The lowest BCUT2D eigenvalue weighted by Crippen LogP contribution is -2.12. The van der Waals surface area contributed by atoms with Crippen LogP contribution in [0.2, 0.25) is 0 Å². The summed E-state index contributed by atoms with van der Waals surface area (Å²) < 4.78 is 4.98. The molecular weight excluding hydrogens is 314 g/mol. The van der Waals surface area contributed by atoms with Crippen molar-refractivity contribution in [2.75, 3.05) is 5.32 Å². The molecule has 0 bridgehead atoms. The standard InChI is InChI=1S/C16H17N3O3S/c1-10(20)22-13-8-4-7-12(9-13)14(21)17-16-19-18-15(23-16)11-5-2-3-6-11/h4,7-9,11H,2-3,5-6H2,1H3,(H,17,19,21). The highest BCUT2D eigenvalue weighted by atomic mass is 32.1. The molecule has 0 aliphatic heterocycles. The number of nitrogens with one attached hydrogen (secondary N) is 1. The Kier molecular flexibility index (Phi) is 4.66. The molecule has 120 valence electrons. The first-order valence-electron chi connectivity index (χ1n) is 7.55. The Morgan fingerprint density at radius 3 is 2.78 bits per heavy atom. The Morgan fingerprint density at radius 1 is 1.26 bits per heavy atom. The molecule has 1 saturated carbocycles. The lowest BCUT2D eigenvalue weighted by atomic mass is 10.1. The Morgan fingerprint density at radius 2 is 2.04 bits per heavy atom. The van der Waals surface area contributed by atoms with Crippen molar-refractivity contribution in [2.45, 2.75) is 38.5 Å². The number of nitrogens with zero attached hydrogens (tertiary/aromatic N) is 2. The van der Waals surface area contributed by atoms with Crippen LogP contribution in [0.15, 0.2) is 24.3 Å². The Balaban J connectivity index is 1.68. The number of carbonyl (C=O) groups excluding carboxylic acids is 2. The molecule has 1 N–H and O–H groups in total. The van der Waals surface area contributed by atoms with E-state index >= 15 is 0 Å². The molecule has 0 atom stereocenters. The molecule has 2 aromatic rings. The molecule has 0 radical (unpaired) electrons. The van der Waals surface area contributed by atoms with Crippen molar-refractivity contribution < 1.29 is 14.3 Å². The van der Waals surface area contributed by atoms with E-state index in [0.29, 0.717) is 22.4 Å². The quantitative estimate of drug-likeness (QED) is 0.686. The first kappa shape index (κ1) is 15.6. The van der Waals surface area contributed by atoms with Crippen molar-refractivity contribution in [3.63, 3.8) is 0 Å². The van der Waals surface area contributed by atoms with E-state index < -0.39 is 5.97 Å². The fraction of sp³-hybridized carbons (Fsp3) is 0.375. The minimum absolute atomic E-state index is 0.298.